The van der Waals surface area contributed by atoms with Gasteiger partial charge in [-0.3, -0.25) is 0 Å². The number of fused-ring (bicyclic) bond motifs is 1. The van der Waals surface area contributed by atoms with Gasteiger partial charge in [-0.2, -0.15) is 5.26 Å². The minimum Gasteiger partial charge on any atom is -0.494 e. The van der Waals surface area contributed by atoms with E-state index in [1.165, 1.54) is 0 Å². The molecule has 0 radical (unpaired) electrons. The van der Waals surface area contributed by atoms with Gasteiger partial charge in [0.15, 0.2) is 0 Å². The van der Waals surface area contributed by atoms with Crippen LogP contribution in [0.1, 0.15) is 52.7 Å². The van der Waals surface area contributed by atoms with Gasteiger partial charge in [0.05, 0.1) is 18.1 Å². The van der Waals surface area contributed by atoms with Crippen molar-refractivity contribution in [1.29, 1.82) is 5.26 Å². The van der Waals surface area contributed by atoms with E-state index in [0.717, 1.165) is 29.5 Å². The van der Waals surface area contributed by atoms with Crippen LogP contribution in [-0.2, 0) is 6.61 Å². The first-order valence-corrected chi connectivity index (χ1v) is 14.0. The summed E-state index contributed by atoms with van der Waals surface area (Å²) in [6.45, 7) is 3.12. The summed E-state index contributed by atoms with van der Waals surface area (Å²) in [7, 11) is 0. The zero-order valence-corrected chi connectivity index (χ0v) is 23.8. The summed E-state index contributed by atoms with van der Waals surface area (Å²) in [5.74, 6) is 1.10. The first-order chi connectivity index (χ1) is 20.4. The van der Waals surface area contributed by atoms with E-state index in [4.69, 9.17) is 36.3 Å². The maximum Gasteiger partial charge on any atom is 0.343 e. The van der Waals surface area contributed by atoms with Crippen LogP contribution in [0.15, 0.2) is 102 Å². The Morgan fingerprint density at radius 3 is 2.29 bits per heavy atom. The minimum atomic E-state index is -0.516. The summed E-state index contributed by atoms with van der Waals surface area (Å²) in [5, 5.41) is 10.6. The lowest BCUT2D eigenvalue weighted by atomic mass is 9.83. The zero-order chi connectivity index (χ0) is 29.5. The lowest BCUT2D eigenvalue weighted by molar-refractivity contribution is 0.0734. The third-order valence-electron chi connectivity index (χ3n) is 6.79. The summed E-state index contributed by atoms with van der Waals surface area (Å²) in [6, 6.07) is 29.0. The summed E-state index contributed by atoms with van der Waals surface area (Å²) < 4.78 is 23.0. The number of nitrogens with zero attached hydrogens (tertiary/aromatic N) is 1. The van der Waals surface area contributed by atoms with Gasteiger partial charge in [-0.1, -0.05) is 55.3 Å². The molecule has 1 unspecified atom stereocenters. The predicted octanol–water partition coefficient (Wildman–Crippen LogP) is 7.54. The molecule has 1 atom stereocenters. The molecule has 0 amide bonds. The van der Waals surface area contributed by atoms with Crippen LogP contribution < -0.4 is 24.7 Å². The number of nitrogens with two attached hydrogens (primary N) is 1. The molecule has 42 heavy (non-hydrogen) atoms. The Balaban J connectivity index is 1.30. The highest BCUT2D eigenvalue weighted by Crippen LogP contribution is 2.43. The normalized spacial score (nSPS) is 13.9. The molecule has 0 bridgehead atoms. The van der Waals surface area contributed by atoms with Gasteiger partial charge >= 0.3 is 5.97 Å². The zero-order valence-electron chi connectivity index (χ0n) is 23.0. The highest BCUT2D eigenvalue weighted by Gasteiger charge is 2.31. The van der Waals surface area contributed by atoms with E-state index in [2.05, 4.69) is 13.0 Å². The minimum absolute atomic E-state index is 0.000188. The van der Waals surface area contributed by atoms with E-state index < -0.39 is 11.9 Å². The summed E-state index contributed by atoms with van der Waals surface area (Å²) >= 11 is 5.96. The Morgan fingerprint density at radius 2 is 1.60 bits per heavy atom. The molecule has 5 rings (SSSR count). The standard InChI is InChI=1S/C34H29ClN2O5/c1-2-3-18-39-26-14-8-24(9-15-26)34(38)41-28-16-17-29-31(19-28)42-33(37)30(20-36)32(29)23-6-12-27(13-7-23)40-21-22-4-10-25(35)11-5-22/h4-17,19,32H,2-3,18,21,37H2,1H3. The number of halogens is 1. The smallest absolute Gasteiger partial charge is 0.343 e. The van der Waals surface area contributed by atoms with E-state index >= 15 is 0 Å². The molecule has 0 fully saturated rings. The Kier molecular flexibility index (Phi) is 8.96. The van der Waals surface area contributed by atoms with E-state index in [9.17, 15) is 10.1 Å². The van der Waals surface area contributed by atoms with Crippen molar-refractivity contribution in [2.75, 3.05) is 6.61 Å². The molecule has 1 aliphatic rings. The fourth-order valence-corrected chi connectivity index (χ4v) is 4.66. The van der Waals surface area contributed by atoms with E-state index in [1.807, 2.05) is 48.5 Å². The SMILES string of the molecule is CCCCOc1ccc(C(=O)Oc2ccc3c(c2)OC(N)=C(C#N)C3c2ccc(OCc3ccc(Cl)cc3)cc2)cc1. The maximum atomic E-state index is 12.8. The molecule has 0 aliphatic carbocycles. The van der Waals surface area contributed by atoms with Gasteiger partial charge in [0.1, 0.15) is 41.2 Å². The van der Waals surface area contributed by atoms with Gasteiger partial charge in [0.2, 0.25) is 5.88 Å². The van der Waals surface area contributed by atoms with E-state index in [1.54, 1.807) is 42.5 Å². The van der Waals surface area contributed by atoms with E-state index in [-0.39, 0.29) is 5.88 Å². The van der Waals surface area contributed by atoms with E-state index in [0.29, 0.717) is 52.4 Å². The number of carbonyl (C=O) groups is 1. The molecule has 7 nitrogen and oxygen atoms in total. The summed E-state index contributed by atoms with van der Waals surface area (Å²) in [4.78, 5) is 12.8. The molecule has 1 aliphatic heterocycles. The topological polar surface area (TPSA) is 104 Å². The molecule has 4 aromatic carbocycles. The monoisotopic (exact) mass is 580 g/mol. The second kappa shape index (κ2) is 13.2. The van der Waals surface area contributed by atoms with Gasteiger partial charge in [-0.05, 0) is 72.1 Å². The predicted molar refractivity (Wildman–Crippen MR) is 160 cm³/mol. The number of hydrogen-bond donors (Lipinski definition) is 1. The second-order valence-corrected chi connectivity index (χ2v) is 10.2. The molecule has 1 heterocycles. The molecule has 0 aromatic heterocycles. The van der Waals surface area contributed by atoms with Crippen LogP contribution in [0.4, 0.5) is 0 Å². The number of ether oxygens (including phenoxy) is 4. The molecule has 4 aromatic rings. The van der Waals surface area contributed by atoms with Gasteiger partial charge in [0, 0.05) is 16.7 Å². The van der Waals surface area contributed by atoms with Gasteiger partial charge in [0.25, 0.3) is 0 Å². The van der Waals surface area contributed by atoms with Crippen molar-refractivity contribution >= 4 is 17.6 Å². The van der Waals surface area contributed by atoms with Crippen molar-refractivity contribution in [3.05, 3.63) is 130 Å². The number of carbonyl (C=O) groups excluding carboxylic acids is 1. The fourth-order valence-electron chi connectivity index (χ4n) is 4.53. The Bertz CT molecular complexity index is 1630. The first kappa shape index (κ1) is 28.6. The van der Waals surface area contributed by atoms with Gasteiger partial charge in [-0.15, -0.1) is 0 Å². The number of hydrogen-bond acceptors (Lipinski definition) is 7. The van der Waals surface area contributed by atoms with Crippen molar-refractivity contribution in [3.8, 4) is 29.1 Å². The van der Waals surface area contributed by atoms with Gasteiger partial charge < -0.3 is 24.7 Å². The highest BCUT2D eigenvalue weighted by molar-refractivity contribution is 6.30. The number of rotatable bonds is 10. The molecule has 8 heteroatoms. The number of benzene rings is 4. The van der Waals surface area contributed by atoms with Crippen molar-refractivity contribution in [3.63, 3.8) is 0 Å². The lowest BCUT2D eigenvalue weighted by Gasteiger charge is -2.26. The Morgan fingerprint density at radius 1 is 0.929 bits per heavy atom. The number of nitriles is 1. The largest absolute Gasteiger partial charge is 0.494 e. The average Bonchev–Trinajstić information content (AvgIpc) is 3.01. The van der Waals surface area contributed by atoms with Gasteiger partial charge in [-0.25, -0.2) is 4.79 Å². The molecule has 0 saturated carbocycles. The van der Waals surface area contributed by atoms with Crippen LogP contribution in [0.2, 0.25) is 5.02 Å². The Hall–Kier alpha value is -4.93. The van der Waals surface area contributed by atoms with Crippen molar-refractivity contribution in [2.24, 2.45) is 5.73 Å². The average molecular weight is 581 g/mol. The fraction of sp³-hybridized carbons (Fsp3) is 0.176. The van der Waals surface area contributed by atoms with Crippen LogP contribution in [0, 0.1) is 11.3 Å². The van der Waals surface area contributed by atoms with Crippen LogP contribution in [0.5, 0.6) is 23.0 Å². The number of allylic oxidation sites excluding steroid dienone is 1. The van der Waals surface area contributed by atoms with Crippen molar-refractivity contribution in [2.45, 2.75) is 32.3 Å². The maximum absolute atomic E-state index is 12.8. The molecule has 212 valence electrons. The third-order valence-corrected chi connectivity index (χ3v) is 7.04. The summed E-state index contributed by atoms with van der Waals surface area (Å²) in [5.41, 5.74) is 9.41. The van der Waals surface area contributed by atoms with Crippen molar-refractivity contribution < 1.29 is 23.7 Å². The van der Waals surface area contributed by atoms with Crippen molar-refractivity contribution in [1.82, 2.24) is 0 Å². The quantitative estimate of drug-likeness (QED) is 0.117. The molecular formula is C34H29ClN2O5. The second-order valence-electron chi connectivity index (χ2n) is 9.72. The van der Waals surface area contributed by atoms with Crippen LogP contribution in [0.25, 0.3) is 0 Å². The first-order valence-electron chi connectivity index (χ1n) is 13.6. The van der Waals surface area contributed by atoms with Crippen LogP contribution >= 0.6 is 11.6 Å². The highest BCUT2D eigenvalue weighted by atomic mass is 35.5. The third kappa shape index (κ3) is 6.68. The molecule has 2 N–H and O–H groups in total. The molecular weight excluding hydrogens is 552 g/mol. The number of unbranched alkanes of at least 4 members (excludes halogenated alkanes) is 1. The lowest BCUT2D eigenvalue weighted by Crippen LogP contribution is -2.21. The van der Waals surface area contributed by atoms with Crippen LogP contribution in [0.3, 0.4) is 0 Å². The molecule has 0 saturated heterocycles. The van der Waals surface area contributed by atoms with Crippen LogP contribution in [-0.4, -0.2) is 12.6 Å². The summed E-state index contributed by atoms with van der Waals surface area (Å²) in [6.07, 6.45) is 2.01. The Labute approximate surface area is 249 Å². The number of esters is 1. The molecule has 0 spiro atoms.